The number of carbonyl (C=O) groups excluding carboxylic acids is 1. The predicted octanol–water partition coefficient (Wildman–Crippen LogP) is 3.65. The van der Waals surface area contributed by atoms with Gasteiger partial charge in [-0.3, -0.25) is 4.79 Å². The molecule has 0 aromatic heterocycles. The fraction of sp³-hybridized carbons (Fsp3) is 0.417. The zero-order valence-corrected chi connectivity index (χ0v) is 14.5. The van der Waals surface area contributed by atoms with Gasteiger partial charge in [-0.2, -0.15) is 0 Å². The molecular weight excluding hydrogens is 389 g/mol. The molecule has 0 heterocycles. The summed E-state index contributed by atoms with van der Waals surface area (Å²) in [5.41, 5.74) is 0.147. The lowest BCUT2D eigenvalue weighted by Crippen LogP contribution is -2.33. The molecule has 1 aromatic carbocycles. The van der Waals surface area contributed by atoms with Crippen LogP contribution in [0.15, 0.2) is 21.5 Å². The molecule has 1 fully saturated rings. The number of hydrogen-bond donors (Lipinski definition) is 0. The Hall–Kier alpha value is -0.300. The molecule has 1 saturated carbocycles. The van der Waals surface area contributed by atoms with E-state index < -0.39 is 9.05 Å². The highest BCUT2D eigenvalue weighted by atomic mass is 79.9. The maximum absolute atomic E-state index is 12.5. The molecule has 0 N–H and O–H groups in total. The first-order chi connectivity index (χ1) is 9.25. The van der Waals surface area contributed by atoms with Crippen molar-refractivity contribution in [3.05, 3.63) is 27.2 Å². The van der Waals surface area contributed by atoms with Gasteiger partial charge in [0, 0.05) is 27.7 Å². The molecule has 0 bridgehead atoms. The van der Waals surface area contributed by atoms with Gasteiger partial charge < -0.3 is 4.90 Å². The molecule has 1 aliphatic carbocycles. The first-order valence-corrected chi connectivity index (χ1v) is 9.48. The number of rotatable bonds is 4. The third kappa shape index (κ3) is 3.30. The molecule has 0 aliphatic heterocycles. The van der Waals surface area contributed by atoms with Crippen molar-refractivity contribution < 1.29 is 13.2 Å². The summed E-state index contributed by atoms with van der Waals surface area (Å²) < 4.78 is 23.2. The number of halogens is 3. The van der Waals surface area contributed by atoms with E-state index in [2.05, 4.69) is 15.9 Å². The van der Waals surface area contributed by atoms with Gasteiger partial charge in [-0.05, 0) is 47.8 Å². The summed E-state index contributed by atoms with van der Waals surface area (Å²) in [6.07, 6.45) is 1.93. The van der Waals surface area contributed by atoms with E-state index in [4.69, 9.17) is 22.3 Å². The fourth-order valence-electron chi connectivity index (χ4n) is 1.97. The smallest absolute Gasteiger partial charge is 0.261 e. The summed E-state index contributed by atoms with van der Waals surface area (Å²) in [6.45, 7) is 2.43. The Balaban J connectivity index is 2.49. The van der Waals surface area contributed by atoms with Crippen LogP contribution in [0, 0.1) is 0 Å². The van der Waals surface area contributed by atoms with Crippen molar-refractivity contribution in [3.8, 4) is 0 Å². The summed E-state index contributed by atoms with van der Waals surface area (Å²) >= 11 is 9.26. The molecule has 0 unspecified atom stereocenters. The minimum Gasteiger partial charge on any atom is -0.336 e. The summed E-state index contributed by atoms with van der Waals surface area (Å²) in [5.74, 6) is -0.275. The SMILES string of the molecule is CCN(C(=O)c1cc(S(=O)(=O)Cl)cc(Br)c1Cl)C1CC1. The average Bonchev–Trinajstić information content (AvgIpc) is 3.16. The highest BCUT2D eigenvalue weighted by molar-refractivity contribution is 9.10. The van der Waals surface area contributed by atoms with E-state index in [9.17, 15) is 13.2 Å². The first kappa shape index (κ1) is 16.1. The summed E-state index contributed by atoms with van der Waals surface area (Å²) in [5, 5.41) is 0.193. The largest absolute Gasteiger partial charge is 0.336 e. The van der Waals surface area contributed by atoms with Crippen LogP contribution in [0.5, 0.6) is 0 Å². The van der Waals surface area contributed by atoms with E-state index in [1.165, 1.54) is 12.1 Å². The van der Waals surface area contributed by atoms with Gasteiger partial charge in [-0.25, -0.2) is 8.42 Å². The van der Waals surface area contributed by atoms with Crippen molar-refractivity contribution in [1.82, 2.24) is 4.90 Å². The Morgan fingerprint density at radius 2 is 2.05 bits per heavy atom. The number of amides is 1. The third-order valence-electron chi connectivity index (χ3n) is 3.10. The van der Waals surface area contributed by atoms with Crippen LogP contribution in [0.25, 0.3) is 0 Å². The Morgan fingerprint density at radius 3 is 2.50 bits per heavy atom. The van der Waals surface area contributed by atoms with Crippen molar-refractivity contribution in [2.24, 2.45) is 0 Å². The van der Waals surface area contributed by atoms with Crippen LogP contribution in [-0.4, -0.2) is 31.8 Å². The quantitative estimate of drug-likeness (QED) is 0.724. The maximum Gasteiger partial charge on any atom is 0.261 e. The topological polar surface area (TPSA) is 54.5 Å². The third-order valence-corrected chi connectivity index (χ3v) is 5.70. The lowest BCUT2D eigenvalue weighted by Gasteiger charge is -2.21. The maximum atomic E-state index is 12.5. The molecule has 1 amide bonds. The molecule has 2 rings (SSSR count). The van der Waals surface area contributed by atoms with Gasteiger partial charge in [-0.15, -0.1) is 0 Å². The van der Waals surface area contributed by atoms with Crippen LogP contribution >= 0.6 is 38.2 Å². The Bertz CT molecular complexity index is 659. The molecule has 110 valence electrons. The van der Waals surface area contributed by atoms with Crippen molar-refractivity contribution in [2.45, 2.75) is 30.7 Å². The second-order valence-electron chi connectivity index (χ2n) is 4.53. The summed E-state index contributed by atoms with van der Waals surface area (Å²) in [4.78, 5) is 14.0. The second kappa shape index (κ2) is 5.83. The minimum atomic E-state index is -3.92. The normalized spacial score (nSPS) is 15.2. The zero-order chi connectivity index (χ0) is 15.1. The van der Waals surface area contributed by atoms with Crippen molar-refractivity contribution in [3.63, 3.8) is 0 Å². The van der Waals surface area contributed by atoms with Crippen LogP contribution in [0.4, 0.5) is 0 Å². The van der Waals surface area contributed by atoms with Gasteiger partial charge in [-0.1, -0.05) is 11.6 Å². The van der Waals surface area contributed by atoms with Gasteiger partial charge in [0.1, 0.15) is 0 Å². The van der Waals surface area contributed by atoms with Crippen molar-refractivity contribution in [1.29, 1.82) is 0 Å². The van der Waals surface area contributed by atoms with Gasteiger partial charge in [0.2, 0.25) is 0 Å². The number of carbonyl (C=O) groups is 1. The standard InChI is InChI=1S/C12H12BrCl2NO3S/c1-2-16(7-3-4-7)12(17)9-5-8(20(15,18)19)6-10(13)11(9)14/h5-7H,2-4H2,1H3. The van der Waals surface area contributed by atoms with Crippen LogP contribution in [0.2, 0.25) is 5.02 Å². The molecular formula is C12H12BrCl2NO3S. The van der Waals surface area contributed by atoms with Gasteiger partial charge in [0.25, 0.3) is 15.0 Å². The predicted molar refractivity (Wildman–Crippen MR) is 81.9 cm³/mol. The Morgan fingerprint density at radius 1 is 1.45 bits per heavy atom. The van der Waals surface area contributed by atoms with Crippen LogP contribution < -0.4 is 0 Å². The second-order valence-corrected chi connectivity index (χ2v) is 8.33. The van der Waals surface area contributed by atoms with Crippen LogP contribution in [-0.2, 0) is 9.05 Å². The molecule has 0 saturated heterocycles. The van der Waals surface area contributed by atoms with E-state index in [0.29, 0.717) is 11.0 Å². The molecule has 0 atom stereocenters. The molecule has 1 aromatic rings. The van der Waals surface area contributed by atoms with Crippen LogP contribution in [0.3, 0.4) is 0 Å². The highest BCUT2D eigenvalue weighted by Gasteiger charge is 2.33. The molecule has 8 heteroatoms. The van der Waals surface area contributed by atoms with Gasteiger partial charge in [0.05, 0.1) is 15.5 Å². The molecule has 4 nitrogen and oxygen atoms in total. The lowest BCUT2D eigenvalue weighted by molar-refractivity contribution is 0.0752. The minimum absolute atomic E-state index is 0.147. The fourth-order valence-corrected chi connectivity index (χ4v) is 3.56. The first-order valence-electron chi connectivity index (χ1n) is 6.00. The van der Waals surface area contributed by atoms with E-state index in [1.54, 1.807) is 4.90 Å². The van der Waals surface area contributed by atoms with E-state index in [0.717, 1.165) is 12.8 Å². The molecule has 0 spiro atoms. The van der Waals surface area contributed by atoms with Crippen LogP contribution in [0.1, 0.15) is 30.1 Å². The monoisotopic (exact) mass is 399 g/mol. The molecule has 20 heavy (non-hydrogen) atoms. The van der Waals surface area contributed by atoms with Crippen molar-refractivity contribution in [2.75, 3.05) is 6.54 Å². The van der Waals surface area contributed by atoms with E-state index in [1.807, 2.05) is 6.92 Å². The molecule has 1 aliphatic rings. The molecule has 0 radical (unpaired) electrons. The van der Waals surface area contributed by atoms with Gasteiger partial charge >= 0.3 is 0 Å². The van der Waals surface area contributed by atoms with E-state index >= 15 is 0 Å². The highest BCUT2D eigenvalue weighted by Crippen LogP contribution is 2.34. The summed E-state index contributed by atoms with van der Waals surface area (Å²) in [6, 6.07) is 2.73. The van der Waals surface area contributed by atoms with Gasteiger partial charge in [0.15, 0.2) is 0 Å². The average molecular weight is 401 g/mol. The number of nitrogens with zero attached hydrogens (tertiary/aromatic N) is 1. The summed E-state index contributed by atoms with van der Waals surface area (Å²) in [7, 11) is 1.41. The lowest BCUT2D eigenvalue weighted by atomic mass is 10.2. The number of benzene rings is 1. The Labute approximate surface area is 135 Å². The Kier molecular flexibility index (Phi) is 4.69. The zero-order valence-electron chi connectivity index (χ0n) is 10.6. The van der Waals surface area contributed by atoms with Crippen molar-refractivity contribution >= 4 is 53.2 Å². The van der Waals surface area contributed by atoms with E-state index in [-0.39, 0.29) is 27.4 Å². The number of hydrogen-bond acceptors (Lipinski definition) is 3.